The van der Waals surface area contributed by atoms with E-state index in [0.717, 1.165) is 11.5 Å². The predicted molar refractivity (Wildman–Crippen MR) is 97.9 cm³/mol. The number of carbonyl (C=O) groups is 1. The third kappa shape index (κ3) is 3.80. The number of sulfone groups is 1. The molecule has 10 nitrogen and oxygen atoms in total. The van der Waals surface area contributed by atoms with Gasteiger partial charge in [-0.1, -0.05) is 0 Å². The van der Waals surface area contributed by atoms with Crippen LogP contribution in [0.25, 0.3) is 5.78 Å². The van der Waals surface area contributed by atoms with Crippen molar-refractivity contribution in [1.82, 2.24) is 19.6 Å². The number of halogens is 3. The van der Waals surface area contributed by atoms with Crippen LogP contribution in [0.5, 0.6) is 0 Å². The first kappa shape index (κ1) is 22.2. The average molecular weight is 451 g/mol. The molecule has 1 unspecified atom stereocenters. The van der Waals surface area contributed by atoms with Gasteiger partial charge in [0.25, 0.3) is 5.78 Å². The molecule has 14 heteroatoms. The van der Waals surface area contributed by atoms with Gasteiger partial charge < -0.3 is 14.7 Å². The molecule has 1 spiro atoms. The molecule has 2 aliphatic heterocycles. The van der Waals surface area contributed by atoms with Crippen LogP contribution in [0.15, 0.2) is 12.4 Å². The van der Waals surface area contributed by atoms with Crippen LogP contribution in [0, 0.1) is 12.8 Å². The summed E-state index contributed by atoms with van der Waals surface area (Å²) in [6.07, 6.45) is -2.95. The lowest BCUT2D eigenvalue weighted by Gasteiger charge is -2.50. The summed E-state index contributed by atoms with van der Waals surface area (Å²) in [7, 11) is -1.47. The third-order valence-electron chi connectivity index (χ3n) is 5.31. The largest absolute Gasteiger partial charge is 0.490 e. The SMILES string of the molecule is COCC1CCS(=O)(=O)C12CN(c1cc(C)nc3ncnn13)C2.O=C(O)C(F)(F)F. The number of ether oxygens (including phenoxy) is 1. The first-order valence-electron chi connectivity index (χ1n) is 8.85. The summed E-state index contributed by atoms with van der Waals surface area (Å²) in [5.74, 6) is -1.07. The summed E-state index contributed by atoms with van der Waals surface area (Å²) in [5, 5.41) is 11.3. The van der Waals surface area contributed by atoms with Crippen LogP contribution in [0.4, 0.5) is 19.0 Å². The monoisotopic (exact) mass is 451 g/mol. The van der Waals surface area contributed by atoms with E-state index >= 15 is 0 Å². The van der Waals surface area contributed by atoms with Gasteiger partial charge in [-0.25, -0.2) is 18.2 Å². The van der Waals surface area contributed by atoms with Crippen molar-refractivity contribution in [3.8, 4) is 0 Å². The number of carboxylic acid groups (broad SMARTS) is 1. The maximum absolute atomic E-state index is 12.6. The lowest BCUT2D eigenvalue weighted by molar-refractivity contribution is -0.192. The molecule has 2 aromatic heterocycles. The van der Waals surface area contributed by atoms with E-state index < -0.39 is 26.7 Å². The standard InChI is InChI=1S/C14H19N5O3S.C2HF3O2/c1-10-5-12(19-13(17-10)15-9-16-19)18-7-14(8-18)11(6-22-2)3-4-23(14,20)21;3-2(4,5)1(6)7/h5,9,11H,3-4,6-8H2,1-2H3;(H,6,7). The van der Waals surface area contributed by atoms with E-state index in [0.29, 0.717) is 31.9 Å². The second-order valence-corrected chi connectivity index (χ2v) is 9.66. The van der Waals surface area contributed by atoms with Crippen molar-refractivity contribution in [2.24, 2.45) is 5.92 Å². The number of aliphatic carboxylic acids is 1. The maximum Gasteiger partial charge on any atom is 0.490 e. The van der Waals surface area contributed by atoms with E-state index in [4.69, 9.17) is 14.6 Å². The van der Waals surface area contributed by atoms with Crippen LogP contribution in [-0.2, 0) is 19.4 Å². The second-order valence-electron chi connectivity index (χ2n) is 7.21. The van der Waals surface area contributed by atoms with Gasteiger partial charge in [-0.05, 0) is 13.3 Å². The van der Waals surface area contributed by atoms with Crippen molar-refractivity contribution in [2.45, 2.75) is 24.3 Å². The molecule has 2 aliphatic rings. The molecule has 0 bridgehead atoms. The predicted octanol–water partition coefficient (Wildman–Crippen LogP) is 0.706. The molecule has 1 N–H and O–H groups in total. The number of carboxylic acids is 1. The summed E-state index contributed by atoms with van der Waals surface area (Å²) >= 11 is 0. The van der Waals surface area contributed by atoms with Crippen molar-refractivity contribution in [2.75, 3.05) is 37.5 Å². The van der Waals surface area contributed by atoms with E-state index in [1.807, 2.05) is 17.9 Å². The highest BCUT2D eigenvalue weighted by Crippen LogP contribution is 2.46. The number of aromatic nitrogens is 4. The van der Waals surface area contributed by atoms with Gasteiger partial charge in [0.05, 0.1) is 12.4 Å². The molecule has 0 radical (unpaired) electrons. The molecule has 4 rings (SSSR count). The fourth-order valence-electron chi connectivity index (χ4n) is 3.81. The molecule has 0 aliphatic carbocycles. The Kier molecular flexibility index (Phi) is 5.66. The third-order valence-corrected chi connectivity index (χ3v) is 7.91. The smallest absolute Gasteiger partial charge is 0.475 e. The summed E-state index contributed by atoms with van der Waals surface area (Å²) in [5.41, 5.74) is 0.837. The molecule has 30 heavy (non-hydrogen) atoms. The number of hydrogen-bond donors (Lipinski definition) is 1. The molecule has 0 amide bonds. The van der Waals surface area contributed by atoms with Crippen molar-refractivity contribution >= 4 is 27.4 Å². The van der Waals surface area contributed by atoms with Crippen LogP contribution >= 0.6 is 0 Å². The molecule has 166 valence electrons. The van der Waals surface area contributed by atoms with Gasteiger partial charge in [-0.15, -0.1) is 0 Å². The molecule has 1 atom stereocenters. The molecule has 0 aromatic carbocycles. The Bertz CT molecular complexity index is 1050. The minimum absolute atomic E-state index is 0.0583. The van der Waals surface area contributed by atoms with Gasteiger partial charge in [-0.3, -0.25) is 0 Å². The van der Waals surface area contributed by atoms with Gasteiger partial charge >= 0.3 is 12.1 Å². The minimum Gasteiger partial charge on any atom is -0.475 e. The van der Waals surface area contributed by atoms with Gasteiger partial charge in [0, 0.05) is 37.9 Å². The fraction of sp³-hybridized carbons (Fsp3) is 0.625. The number of nitrogens with zero attached hydrogens (tertiary/aromatic N) is 5. The number of alkyl halides is 3. The summed E-state index contributed by atoms with van der Waals surface area (Å²) in [6.45, 7) is 3.33. The quantitative estimate of drug-likeness (QED) is 0.718. The van der Waals surface area contributed by atoms with Gasteiger partial charge in [0.1, 0.15) is 16.9 Å². The first-order chi connectivity index (χ1) is 13.9. The molecule has 4 heterocycles. The highest BCUT2D eigenvalue weighted by molar-refractivity contribution is 7.93. The topological polar surface area (TPSA) is 127 Å². The van der Waals surface area contributed by atoms with Crippen LogP contribution in [0.3, 0.4) is 0 Å². The highest BCUT2D eigenvalue weighted by Gasteiger charge is 2.61. The number of hydrogen-bond acceptors (Lipinski definition) is 8. The van der Waals surface area contributed by atoms with Crippen molar-refractivity contribution < 1.29 is 36.2 Å². The van der Waals surface area contributed by atoms with Gasteiger partial charge in [0.15, 0.2) is 9.84 Å². The molecular formula is C16H20F3N5O5S. The second kappa shape index (κ2) is 7.65. The van der Waals surface area contributed by atoms with Crippen LogP contribution in [0.1, 0.15) is 12.1 Å². The number of rotatable bonds is 3. The van der Waals surface area contributed by atoms with Crippen molar-refractivity contribution in [1.29, 1.82) is 0 Å². The zero-order valence-electron chi connectivity index (χ0n) is 16.1. The molecule has 2 saturated heterocycles. The molecule has 2 aromatic rings. The fourth-order valence-corrected chi connectivity index (χ4v) is 6.21. The van der Waals surface area contributed by atoms with E-state index in [2.05, 4.69) is 15.1 Å². The van der Waals surface area contributed by atoms with Crippen molar-refractivity contribution in [3.63, 3.8) is 0 Å². The summed E-state index contributed by atoms with van der Waals surface area (Å²) in [4.78, 5) is 19.4. The molecule has 2 fully saturated rings. The number of fused-ring (bicyclic) bond motifs is 1. The zero-order valence-corrected chi connectivity index (χ0v) is 16.9. The Morgan fingerprint density at radius 3 is 2.60 bits per heavy atom. The maximum atomic E-state index is 12.6. The Labute approximate surface area is 169 Å². The molecule has 0 saturated carbocycles. The lowest BCUT2D eigenvalue weighted by atomic mass is 9.83. The Balaban J connectivity index is 0.000000318. The lowest BCUT2D eigenvalue weighted by Crippen LogP contribution is -2.68. The van der Waals surface area contributed by atoms with E-state index in [1.54, 1.807) is 11.6 Å². The summed E-state index contributed by atoms with van der Waals surface area (Å²) < 4.78 is 63.1. The highest BCUT2D eigenvalue weighted by atomic mass is 32.2. The van der Waals surface area contributed by atoms with E-state index in [1.165, 1.54) is 6.33 Å². The number of methoxy groups -OCH3 is 1. The van der Waals surface area contributed by atoms with E-state index in [-0.39, 0.29) is 11.7 Å². The van der Waals surface area contributed by atoms with Crippen LogP contribution < -0.4 is 4.90 Å². The van der Waals surface area contributed by atoms with Gasteiger partial charge in [0.2, 0.25) is 0 Å². The van der Waals surface area contributed by atoms with Crippen LogP contribution in [-0.4, -0.2) is 82.6 Å². The summed E-state index contributed by atoms with van der Waals surface area (Å²) in [6, 6.07) is 1.92. The van der Waals surface area contributed by atoms with Crippen molar-refractivity contribution in [3.05, 3.63) is 18.1 Å². The van der Waals surface area contributed by atoms with Gasteiger partial charge in [-0.2, -0.15) is 27.8 Å². The average Bonchev–Trinajstić information content (AvgIpc) is 3.15. The number of anilines is 1. The number of aryl methyl sites for hydroxylation is 1. The zero-order chi connectivity index (χ0) is 22.3. The Morgan fingerprint density at radius 1 is 1.40 bits per heavy atom. The Morgan fingerprint density at radius 2 is 2.03 bits per heavy atom. The van der Waals surface area contributed by atoms with E-state index in [9.17, 15) is 21.6 Å². The Hall–Kier alpha value is -2.48. The normalized spacial score (nSPS) is 21.9. The minimum atomic E-state index is -5.08. The first-order valence-corrected chi connectivity index (χ1v) is 10.5. The van der Waals surface area contributed by atoms with Crippen LogP contribution in [0.2, 0.25) is 0 Å². The molecular weight excluding hydrogens is 431 g/mol.